The first-order valence-corrected chi connectivity index (χ1v) is 11.5. The van der Waals surface area contributed by atoms with Gasteiger partial charge in [-0.2, -0.15) is 0 Å². The summed E-state index contributed by atoms with van der Waals surface area (Å²) >= 11 is 0. The molecule has 1 atom stereocenters. The standard InChI is InChI=1S/C28H28N4O/c29-27(33)28(16-8-3-9-17-28)23-14-18-32(19-15-23)24-20-30-25(21-10-4-1-5-11-21)26(31-24)22-12-6-2-7-13-22/h1-13,16,20,23H,14-15,17-19H2,(H2,29,33). The summed E-state index contributed by atoms with van der Waals surface area (Å²) in [5, 5.41) is 0. The van der Waals surface area contributed by atoms with E-state index >= 15 is 0 Å². The van der Waals surface area contributed by atoms with Crippen LogP contribution in [0.15, 0.2) is 91.2 Å². The van der Waals surface area contributed by atoms with Gasteiger partial charge in [-0.3, -0.25) is 9.78 Å². The summed E-state index contributed by atoms with van der Waals surface area (Å²) < 4.78 is 0. The van der Waals surface area contributed by atoms with Gasteiger partial charge in [-0.05, 0) is 25.2 Å². The van der Waals surface area contributed by atoms with Crippen LogP contribution in [0.3, 0.4) is 0 Å². The third-order valence-electron chi connectivity index (χ3n) is 6.96. The molecule has 2 aromatic carbocycles. The number of nitrogens with zero attached hydrogens (tertiary/aromatic N) is 3. The third-order valence-corrected chi connectivity index (χ3v) is 6.96. The smallest absolute Gasteiger partial charge is 0.228 e. The molecule has 1 aliphatic carbocycles. The van der Waals surface area contributed by atoms with E-state index in [1.165, 1.54) is 0 Å². The molecular weight excluding hydrogens is 408 g/mol. The van der Waals surface area contributed by atoms with Crippen molar-refractivity contribution >= 4 is 11.7 Å². The number of hydrogen-bond donors (Lipinski definition) is 1. The minimum Gasteiger partial charge on any atom is -0.369 e. The second-order valence-corrected chi connectivity index (χ2v) is 8.81. The number of carbonyl (C=O) groups excluding carboxylic acids is 1. The number of nitrogens with two attached hydrogens (primary N) is 1. The lowest BCUT2D eigenvalue weighted by Gasteiger charge is -2.42. The summed E-state index contributed by atoms with van der Waals surface area (Å²) in [4.78, 5) is 24.6. The Labute approximate surface area is 194 Å². The van der Waals surface area contributed by atoms with E-state index in [2.05, 4.69) is 35.2 Å². The summed E-state index contributed by atoms with van der Waals surface area (Å²) in [6, 6.07) is 20.4. The van der Waals surface area contributed by atoms with Gasteiger partial charge in [0.05, 0.1) is 23.0 Å². The topological polar surface area (TPSA) is 72.1 Å². The van der Waals surface area contributed by atoms with Gasteiger partial charge < -0.3 is 10.6 Å². The predicted molar refractivity (Wildman–Crippen MR) is 132 cm³/mol. The van der Waals surface area contributed by atoms with Gasteiger partial charge in [-0.25, -0.2) is 4.98 Å². The van der Waals surface area contributed by atoms with E-state index in [1.54, 1.807) is 0 Å². The fraction of sp³-hybridized carbons (Fsp3) is 0.250. The number of carbonyl (C=O) groups is 1. The molecule has 1 unspecified atom stereocenters. The fourth-order valence-corrected chi connectivity index (χ4v) is 5.08. The molecule has 1 aromatic heterocycles. The maximum absolute atomic E-state index is 12.4. The molecule has 33 heavy (non-hydrogen) atoms. The van der Waals surface area contributed by atoms with Gasteiger partial charge in [-0.1, -0.05) is 85.0 Å². The molecule has 0 saturated carbocycles. The average Bonchev–Trinajstić information content (AvgIpc) is 2.90. The Kier molecular flexibility index (Phi) is 5.78. The number of amides is 1. The van der Waals surface area contributed by atoms with Crippen LogP contribution >= 0.6 is 0 Å². The number of allylic oxidation sites excluding steroid dienone is 3. The number of aromatic nitrogens is 2. The summed E-state index contributed by atoms with van der Waals surface area (Å²) in [7, 11) is 0. The molecule has 3 aromatic rings. The first-order chi connectivity index (χ1) is 16.2. The van der Waals surface area contributed by atoms with Crippen molar-refractivity contribution in [3.05, 3.63) is 91.2 Å². The maximum Gasteiger partial charge on any atom is 0.228 e. The minimum absolute atomic E-state index is 0.222. The SMILES string of the molecule is NC(=O)C1(C2CCN(c3cnc(-c4ccccc4)c(-c4ccccc4)n3)CC2)C=CC=CC1. The number of rotatable bonds is 5. The van der Waals surface area contributed by atoms with Crippen molar-refractivity contribution in [1.29, 1.82) is 0 Å². The highest BCUT2D eigenvalue weighted by atomic mass is 16.1. The third kappa shape index (κ3) is 4.07. The van der Waals surface area contributed by atoms with E-state index in [9.17, 15) is 4.79 Å². The summed E-state index contributed by atoms with van der Waals surface area (Å²) in [5.41, 5.74) is 9.17. The largest absolute Gasteiger partial charge is 0.369 e. The molecule has 2 heterocycles. The van der Waals surface area contributed by atoms with E-state index in [4.69, 9.17) is 15.7 Å². The number of hydrogen-bond acceptors (Lipinski definition) is 4. The van der Waals surface area contributed by atoms with Crippen LogP contribution < -0.4 is 10.6 Å². The quantitative estimate of drug-likeness (QED) is 0.610. The predicted octanol–water partition coefficient (Wildman–Crippen LogP) is 5.01. The average molecular weight is 437 g/mol. The van der Waals surface area contributed by atoms with Gasteiger partial charge in [0, 0.05) is 24.2 Å². The second-order valence-electron chi connectivity index (χ2n) is 8.81. The molecule has 5 nitrogen and oxygen atoms in total. The lowest BCUT2D eigenvalue weighted by Crippen LogP contribution is -2.47. The molecule has 2 N–H and O–H groups in total. The van der Waals surface area contributed by atoms with Crippen LogP contribution in [0.4, 0.5) is 5.82 Å². The van der Waals surface area contributed by atoms with E-state index in [0.717, 1.165) is 54.3 Å². The van der Waals surface area contributed by atoms with Crippen LogP contribution in [0.2, 0.25) is 0 Å². The lowest BCUT2D eigenvalue weighted by molar-refractivity contribution is -0.128. The van der Waals surface area contributed by atoms with Gasteiger partial charge in [-0.15, -0.1) is 0 Å². The first-order valence-electron chi connectivity index (χ1n) is 11.5. The van der Waals surface area contributed by atoms with Crippen LogP contribution in [-0.2, 0) is 4.79 Å². The Balaban J connectivity index is 1.42. The minimum atomic E-state index is -0.571. The zero-order chi connectivity index (χ0) is 22.7. The molecule has 5 heteroatoms. The zero-order valence-electron chi connectivity index (χ0n) is 18.6. The van der Waals surface area contributed by atoms with Crippen molar-refractivity contribution in [2.45, 2.75) is 19.3 Å². The first kappa shape index (κ1) is 21.1. The van der Waals surface area contributed by atoms with Gasteiger partial charge in [0.15, 0.2) is 0 Å². The summed E-state index contributed by atoms with van der Waals surface area (Å²) in [5.74, 6) is 0.886. The second kappa shape index (κ2) is 9.02. The number of anilines is 1. The van der Waals surface area contributed by atoms with Crippen molar-refractivity contribution in [1.82, 2.24) is 9.97 Å². The Morgan fingerprint density at radius 3 is 2.12 bits per heavy atom. The Hall–Kier alpha value is -3.73. The van der Waals surface area contributed by atoms with E-state index in [1.807, 2.05) is 60.8 Å². The maximum atomic E-state index is 12.4. The van der Waals surface area contributed by atoms with Crippen LogP contribution in [0, 0.1) is 11.3 Å². The molecule has 0 bridgehead atoms. The molecule has 5 rings (SSSR count). The van der Waals surface area contributed by atoms with Crippen LogP contribution in [0.5, 0.6) is 0 Å². The van der Waals surface area contributed by atoms with E-state index < -0.39 is 5.41 Å². The highest BCUT2D eigenvalue weighted by molar-refractivity contribution is 5.84. The molecule has 0 radical (unpaired) electrons. The molecule has 1 aliphatic heterocycles. The molecule has 1 saturated heterocycles. The Morgan fingerprint density at radius 1 is 0.909 bits per heavy atom. The van der Waals surface area contributed by atoms with Crippen LogP contribution in [0.25, 0.3) is 22.5 Å². The van der Waals surface area contributed by atoms with E-state index in [0.29, 0.717) is 6.42 Å². The molecular formula is C28H28N4O. The number of piperidine rings is 1. The normalized spacial score (nSPS) is 20.7. The zero-order valence-corrected chi connectivity index (χ0v) is 18.6. The molecule has 1 fully saturated rings. The van der Waals surface area contributed by atoms with Crippen molar-refractivity contribution in [2.75, 3.05) is 18.0 Å². The van der Waals surface area contributed by atoms with Gasteiger partial charge in [0.1, 0.15) is 5.82 Å². The van der Waals surface area contributed by atoms with Gasteiger partial charge in [0.2, 0.25) is 5.91 Å². The number of benzene rings is 2. The van der Waals surface area contributed by atoms with Crippen LogP contribution in [0.1, 0.15) is 19.3 Å². The van der Waals surface area contributed by atoms with Crippen molar-refractivity contribution in [3.8, 4) is 22.5 Å². The monoisotopic (exact) mass is 436 g/mol. The molecule has 1 amide bonds. The van der Waals surface area contributed by atoms with E-state index in [-0.39, 0.29) is 11.8 Å². The van der Waals surface area contributed by atoms with Gasteiger partial charge >= 0.3 is 0 Å². The van der Waals surface area contributed by atoms with Crippen molar-refractivity contribution in [3.63, 3.8) is 0 Å². The Bertz CT molecular complexity index is 1180. The molecule has 166 valence electrons. The van der Waals surface area contributed by atoms with Crippen molar-refractivity contribution in [2.24, 2.45) is 17.1 Å². The van der Waals surface area contributed by atoms with Gasteiger partial charge in [0.25, 0.3) is 0 Å². The molecule has 0 spiro atoms. The Morgan fingerprint density at radius 2 is 1.55 bits per heavy atom. The highest BCUT2D eigenvalue weighted by Crippen LogP contribution is 2.42. The molecule has 2 aliphatic rings. The summed E-state index contributed by atoms with van der Waals surface area (Å²) in [6.45, 7) is 1.65. The van der Waals surface area contributed by atoms with Crippen LogP contribution in [-0.4, -0.2) is 29.0 Å². The summed E-state index contributed by atoms with van der Waals surface area (Å²) in [6.07, 6.45) is 12.4. The van der Waals surface area contributed by atoms with Crippen molar-refractivity contribution < 1.29 is 4.79 Å². The lowest BCUT2D eigenvalue weighted by atomic mass is 9.67. The number of primary amides is 1. The fourth-order valence-electron chi connectivity index (χ4n) is 5.08. The highest BCUT2D eigenvalue weighted by Gasteiger charge is 2.43.